The zero-order valence-electron chi connectivity index (χ0n) is 15.6. The monoisotopic (exact) mass is 387 g/mol. The predicted molar refractivity (Wildman–Crippen MR) is 98.0 cm³/mol. The molecular formula is C17H29N3O5S. The summed E-state index contributed by atoms with van der Waals surface area (Å²) < 4.78 is 28.0. The van der Waals surface area contributed by atoms with Gasteiger partial charge in [-0.05, 0) is 37.7 Å². The second-order valence-corrected chi connectivity index (χ2v) is 8.83. The lowest BCUT2D eigenvalue weighted by atomic mass is 9.98. The summed E-state index contributed by atoms with van der Waals surface area (Å²) in [7, 11) is -2.15. The Labute approximate surface area is 155 Å². The van der Waals surface area contributed by atoms with Crippen LogP contribution in [-0.4, -0.2) is 39.8 Å². The number of hydrogen-bond donors (Lipinski definition) is 3. The SMILES string of the molecule is COC1(C(=O)NCCC2=CC=C(S(N)(=O)=O)CC2)C[C@H](CC(C)C)NO1. The number of methoxy groups -OCH3 is 1. The third kappa shape index (κ3) is 5.37. The topological polar surface area (TPSA) is 120 Å². The summed E-state index contributed by atoms with van der Waals surface area (Å²) in [4.78, 5) is 18.2. The van der Waals surface area contributed by atoms with E-state index in [4.69, 9.17) is 14.7 Å². The number of carbonyl (C=O) groups is 1. The lowest BCUT2D eigenvalue weighted by molar-refractivity contribution is -0.218. The molecule has 1 saturated heterocycles. The van der Waals surface area contributed by atoms with Gasteiger partial charge in [-0.3, -0.25) is 9.63 Å². The van der Waals surface area contributed by atoms with Crippen molar-refractivity contribution >= 4 is 15.9 Å². The third-order valence-corrected chi connectivity index (χ3v) is 5.70. The molecule has 2 aliphatic rings. The molecule has 0 aromatic heterocycles. The van der Waals surface area contributed by atoms with Gasteiger partial charge in [0.05, 0.1) is 4.91 Å². The van der Waals surface area contributed by atoms with Crippen LogP contribution in [0.25, 0.3) is 0 Å². The van der Waals surface area contributed by atoms with E-state index in [2.05, 4.69) is 24.6 Å². The molecule has 2 atom stereocenters. The van der Waals surface area contributed by atoms with Crippen LogP contribution in [0, 0.1) is 5.92 Å². The number of nitrogens with one attached hydrogen (secondary N) is 2. The van der Waals surface area contributed by atoms with Crippen molar-refractivity contribution < 1.29 is 22.8 Å². The van der Waals surface area contributed by atoms with Gasteiger partial charge in [-0.25, -0.2) is 13.6 Å². The molecule has 8 nitrogen and oxygen atoms in total. The third-order valence-electron chi connectivity index (χ3n) is 4.63. The molecule has 148 valence electrons. The number of nitrogens with two attached hydrogens (primary N) is 1. The first-order valence-corrected chi connectivity index (χ1v) is 10.4. The summed E-state index contributed by atoms with van der Waals surface area (Å²) in [6.07, 6.45) is 6.27. The van der Waals surface area contributed by atoms with Gasteiger partial charge < -0.3 is 10.1 Å². The van der Waals surface area contributed by atoms with Gasteiger partial charge in [0.25, 0.3) is 11.7 Å². The van der Waals surface area contributed by atoms with E-state index >= 15 is 0 Å². The van der Waals surface area contributed by atoms with Crippen molar-refractivity contribution in [2.45, 2.75) is 57.8 Å². The van der Waals surface area contributed by atoms with E-state index < -0.39 is 15.8 Å². The number of amides is 1. The van der Waals surface area contributed by atoms with Crippen LogP contribution in [-0.2, 0) is 24.4 Å². The number of sulfonamides is 1. The van der Waals surface area contributed by atoms with E-state index in [1.165, 1.54) is 13.2 Å². The van der Waals surface area contributed by atoms with Crippen LogP contribution in [0.15, 0.2) is 22.6 Å². The Balaban J connectivity index is 1.85. The minimum absolute atomic E-state index is 0.0727. The number of carbonyl (C=O) groups excluding carboxylic acids is 1. The number of allylic oxidation sites excluding steroid dienone is 3. The molecule has 2 rings (SSSR count). The van der Waals surface area contributed by atoms with E-state index in [1.54, 1.807) is 6.08 Å². The minimum Gasteiger partial charge on any atom is -0.351 e. The molecule has 1 fully saturated rings. The van der Waals surface area contributed by atoms with Crippen molar-refractivity contribution in [2.24, 2.45) is 11.1 Å². The quantitative estimate of drug-likeness (QED) is 0.573. The maximum Gasteiger partial charge on any atom is 0.282 e. The number of primary sulfonamides is 1. The van der Waals surface area contributed by atoms with Gasteiger partial charge in [0.2, 0.25) is 10.0 Å². The summed E-state index contributed by atoms with van der Waals surface area (Å²) in [5.74, 6) is -1.13. The molecule has 1 aliphatic heterocycles. The molecule has 0 spiro atoms. The molecule has 0 aromatic carbocycles. The molecule has 4 N–H and O–H groups in total. The highest BCUT2D eigenvalue weighted by Crippen LogP contribution is 2.28. The highest BCUT2D eigenvalue weighted by molar-refractivity contribution is 7.93. The van der Waals surface area contributed by atoms with Crippen molar-refractivity contribution in [1.29, 1.82) is 0 Å². The molecule has 1 heterocycles. The predicted octanol–water partition coefficient (Wildman–Crippen LogP) is 1.07. The van der Waals surface area contributed by atoms with E-state index in [0.717, 1.165) is 12.0 Å². The molecule has 1 unspecified atom stereocenters. The Morgan fingerprint density at radius 1 is 1.46 bits per heavy atom. The van der Waals surface area contributed by atoms with E-state index in [1.807, 2.05) is 0 Å². The van der Waals surface area contributed by atoms with Crippen LogP contribution < -0.4 is 15.9 Å². The Hall–Kier alpha value is -1.26. The van der Waals surface area contributed by atoms with Gasteiger partial charge in [-0.1, -0.05) is 25.5 Å². The van der Waals surface area contributed by atoms with Crippen molar-refractivity contribution in [3.8, 4) is 0 Å². The fourth-order valence-electron chi connectivity index (χ4n) is 3.22. The lowest BCUT2D eigenvalue weighted by Crippen LogP contribution is -2.49. The van der Waals surface area contributed by atoms with E-state index in [0.29, 0.717) is 38.1 Å². The molecule has 1 aliphatic carbocycles. The number of ether oxygens (including phenoxy) is 1. The van der Waals surface area contributed by atoms with Gasteiger partial charge in [0, 0.05) is 26.1 Å². The zero-order valence-corrected chi connectivity index (χ0v) is 16.4. The van der Waals surface area contributed by atoms with Crippen LogP contribution in [0.4, 0.5) is 0 Å². The average molecular weight is 388 g/mol. The highest BCUT2D eigenvalue weighted by atomic mass is 32.2. The van der Waals surface area contributed by atoms with Crippen molar-refractivity contribution in [3.63, 3.8) is 0 Å². The van der Waals surface area contributed by atoms with Crippen LogP contribution in [0.2, 0.25) is 0 Å². The fourth-order valence-corrected chi connectivity index (χ4v) is 3.87. The van der Waals surface area contributed by atoms with Crippen molar-refractivity contribution in [1.82, 2.24) is 10.8 Å². The molecule has 0 saturated carbocycles. The Morgan fingerprint density at radius 2 is 2.19 bits per heavy atom. The summed E-state index contributed by atoms with van der Waals surface area (Å²) in [5, 5.41) is 7.97. The van der Waals surface area contributed by atoms with Gasteiger partial charge >= 0.3 is 0 Å². The first kappa shape index (κ1) is 21.0. The van der Waals surface area contributed by atoms with E-state index in [-0.39, 0.29) is 16.9 Å². The number of rotatable bonds is 8. The minimum atomic E-state index is -3.61. The summed E-state index contributed by atoms with van der Waals surface area (Å²) in [6.45, 7) is 4.65. The Morgan fingerprint density at radius 3 is 2.73 bits per heavy atom. The fraction of sp³-hybridized carbons (Fsp3) is 0.706. The Bertz CT molecular complexity index is 687. The molecule has 9 heteroatoms. The molecular weight excluding hydrogens is 358 g/mol. The zero-order chi connectivity index (χ0) is 19.4. The highest BCUT2D eigenvalue weighted by Gasteiger charge is 2.47. The smallest absolute Gasteiger partial charge is 0.282 e. The standard InChI is InChI=1S/C17H29N3O5S/c1-12(2)10-14-11-17(24-3,25-20-14)16(21)19-9-8-13-4-6-15(7-5-13)26(18,22)23/h4,6,12,14,20H,5,7-11H2,1-3H3,(H,19,21)(H2,18,22,23)/t14-,17?/m0/s1. The molecule has 1 amide bonds. The van der Waals surface area contributed by atoms with Crippen LogP contribution in [0.1, 0.15) is 46.0 Å². The first-order valence-electron chi connectivity index (χ1n) is 8.84. The van der Waals surface area contributed by atoms with Gasteiger partial charge in [0.1, 0.15) is 0 Å². The molecule has 0 radical (unpaired) electrons. The maximum atomic E-state index is 12.5. The van der Waals surface area contributed by atoms with Crippen molar-refractivity contribution in [3.05, 3.63) is 22.6 Å². The first-order chi connectivity index (χ1) is 12.2. The molecule has 0 bridgehead atoms. The summed E-state index contributed by atoms with van der Waals surface area (Å²) in [5.41, 5.74) is 3.96. The maximum absolute atomic E-state index is 12.5. The van der Waals surface area contributed by atoms with Crippen LogP contribution in [0.3, 0.4) is 0 Å². The van der Waals surface area contributed by atoms with Crippen LogP contribution >= 0.6 is 0 Å². The Kier molecular flexibility index (Phi) is 6.98. The van der Waals surface area contributed by atoms with Crippen molar-refractivity contribution in [2.75, 3.05) is 13.7 Å². The molecule has 26 heavy (non-hydrogen) atoms. The van der Waals surface area contributed by atoms with Gasteiger partial charge in [-0.2, -0.15) is 5.48 Å². The second kappa shape index (κ2) is 8.62. The lowest BCUT2D eigenvalue weighted by Gasteiger charge is -2.24. The van der Waals surface area contributed by atoms with Crippen LogP contribution in [0.5, 0.6) is 0 Å². The van der Waals surface area contributed by atoms with Gasteiger partial charge in [0.15, 0.2) is 0 Å². The molecule has 0 aromatic rings. The largest absolute Gasteiger partial charge is 0.351 e. The van der Waals surface area contributed by atoms with Gasteiger partial charge in [-0.15, -0.1) is 0 Å². The second-order valence-electron chi connectivity index (χ2n) is 7.22. The summed E-state index contributed by atoms with van der Waals surface area (Å²) in [6, 6.07) is 0.0727. The van der Waals surface area contributed by atoms with E-state index in [9.17, 15) is 13.2 Å². The average Bonchev–Trinajstić information content (AvgIpc) is 2.98. The summed E-state index contributed by atoms with van der Waals surface area (Å²) >= 11 is 0. The normalized spacial score (nSPS) is 26.6. The number of hydrogen-bond acceptors (Lipinski definition) is 6. The number of hydroxylamine groups is 1.